The van der Waals surface area contributed by atoms with Gasteiger partial charge in [-0.15, -0.1) is 11.8 Å². The van der Waals surface area contributed by atoms with Crippen molar-refractivity contribution in [2.24, 2.45) is 0 Å². The van der Waals surface area contributed by atoms with Crippen molar-refractivity contribution >= 4 is 35.4 Å². The van der Waals surface area contributed by atoms with Crippen LogP contribution in [0.3, 0.4) is 0 Å². The molecular formula is C18H16FNO3S. The van der Waals surface area contributed by atoms with Crippen molar-refractivity contribution in [3.8, 4) is 0 Å². The normalized spacial score (nSPS) is 10.6. The number of ether oxygens (including phenoxy) is 1. The first-order chi connectivity index (χ1) is 11.6. The van der Waals surface area contributed by atoms with Gasteiger partial charge in [-0.2, -0.15) is 0 Å². The number of carbonyl (C=O) groups excluding carboxylic acids is 2. The number of thioether (sulfide) groups is 1. The molecule has 24 heavy (non-hydrogen) atoms. The minimum Gasteiger partial charge on any atom is -0.452 e. The van der Waals surface area contributed by atoms with E-state index >= 15 is 0 Å². The van der Waals surface area contributed by atoms with Crippen molar-refractivity contribution < 1.29 is 18.7 Å². The second-order valence-corrected chi connectivity index (χ2v) is 5.65. The van der Waals surface area contributed by atoms with Crippen LogP contribution in [-0.4, -0.2) is 24.7 Å². The van der Waals surface area contributed by atoms with Gasteiger partial charge in [0, 0.05) is 16.7 Å². The molecule has 0 fully saturated rings. The molecule has 0 aromatic heterocycles. The molecule has 0 heterocycles. The Bertz CT molecular complexity index is 727. The molecule has 0 spiro atoms. The Hall–Kier alpha value is -2.60. The number of hydrogen-bond donors (Lipinski definition) is 1. The van der Waals surface area contributed by atoms with Gasteiger partial charge in [0.15, 0.2) is 6.61 Å². The second-order valence-electron chi connectivity index (χ2n) is 4.77. The summed E-state index contributed by atoms with van der Waals surface area (Å²) in [6.07, 6.45) is 4.86. The van der Waals surface area contributed by atoms with E-state index in [0.717, 1.165) is 10.5 Å². The Labute approximate surface area is 143 Å². The highest BCUT2D eigenvalue weighted by atomic mass is 32.2. The van der Waals surface area contributed by atoms with E-state index in [1.54, 1.807) is 17.8 Å². The zero-order chi connectivity index (χ0) is 17.4. The Morgan fingerprint density at radius 3 is 2.42 bits per heavy atom. The van der Waals surface area contributed by atoms with Gasteiger partial charge < -0.3 is 10.1 Å². The average Bonchev–Trinajstić information content (AvgIpc) is 2.60. The number of amides is 1. The number of nitrogens with one attached hydrogen (secondary N) is 1. The molecule has 0 aliphatic heterocycles. The number of benzene rings is 2. The minimum absolute atomic E-state index is 0.393. The summed E-state index contributed by atoms with van der Waals surface area (Å²) in [5.41, 5.74) is 1.29. The SMILES string of the molecule is CSc1ccc(/C=C/C(=O)OCC(=O)Nc2ccc(F)cc2)cc1. The van der Waals surface area contributed by atoms with E-state index in [4.69, 9.17) is 4.74 Å². The molecule has 2 rings (SSSR count). The summed E-state index contributed by atoms with van der Waals surface area (Å²) < 4.78 is 17.6. The molecule has 1 amide bonds. The molecule has 2 aromatic rings. The van der Waals surface area contributed by atoms with E-state index in [2.05, 4.69) is 5.32 Å². The van der Waals surface area contributed by atoms with Crippen LogP contribution < -0.4 is 5.32 Å². The lowest BCUT2D eigenvalue weighted by molar-refractivity contribution is -0.142. The number of rotatable bonds is 6. The van der Waals surface area contributed by atoms with E-state index in [1.807, 2.05) is 30.5 Å². The number of hydrogen-bond acceptors (Lipinski definition) is 4. The second kappa shape index (κ2) is 8.88. The molecular weight excluding hydrogens is 329 g/mol. The third-order valence-corrected chi connectivity index (χ3v) is 3.74. The van der Waals surface area contributed by atoms with Crippen LogP contribution in [0.5, 0.6) is 0 Å². The number of halogens is 1. The Morgan fingerprint density at radius 1 is 1.12 bits per heavy atom. The van der Waals surface area contributed by atoms with Crippen molar-refractivity contribution in [3.63, 3.8) is 0 Å². The molecule has 0 atom stereocenters. The summed E-state index contributed by atoms with van der Waals surface area (Å²) in [7, 11) is 0. The van der Waals surface area contributed by atoms with Crippen molar-refractivity contribution in [2.45, 2.75) is 4.90 Å². The number of esters is 1. The molecule has 4 nitrogen and oxygen atoms in total. The summed E-state index contributed by atoms with van der Waals surface area (Å²) in [4.78, 5) is 24.4. The van der Waals surface area contributed by atoms with Crippen LogP contribution >= 0.6 is 11.8 Å². The van der Waals surface area contributed by atoms with Crippen molar-refractivity contribution in [1.29, 1.82) is 0 Å². The third kappa shape index (κ3) is 5.89. The predicted octanol–water partition coefficient (Wildman–Crippen LogP) is 3.74. The number of anilines is 1. The predicted molar refractivity (Wildman–Crippen MR) is 93.2 cm³/mol. The van der Waals surface area contributed by atoms with Crippen LogP contribution in [0.2, 0.25) is 0 Å². The molecule has 0 aliphatic carbocycles. The van der Waals surface area contributed by atoms with E-state index in [0.29, 0.717) is 5.69 Å². The largest absolute Gasteiger partial charge is 0.452 e. The lowest BCUT2D eigenvalue weighted by Crippen LogP contribution is -2.20. The van der Waals surface area contributed by atoms with Crippen molar-refractivity contribution in [1.82, 2.24) is 0 Å². The van der Waals surface area contributed by atoms with Gasteiger partial charge in [0.2, 0.25) is 0 Å². The molecule has 0 unspecified atom stereocenters. The van der Waals surface area contributed by atoms with Crippen LogP contribution in [0, 0.1) is 5.82 Å². The summed E-state index contributed by atoms with van der Waals surface area (Å²) in [5.74, 6) is -1.50. The fourth-order valence-electron chi connectivity index (χ4n) is 1.79. The first-order valence-corrected chi connectivity index (χ1v) is 8.33. The van der Waals surface area contributed by atoms with Crippen molar-refractivity contribution in [2.75, 3.05) is 18.2 Å². The van der Waals surface area contributed by atoms with Crippen LogP contribution in [0.15, 0.2) is 59.5 Å². The molecule has 0 bridgehead atoms. The number of carbonyl (C=O) groups is 2. The third-order valence-electron chi connectivity index (χ3n) is 3.00. The zero-order valence-electron chi connectivity index (χ0n) is 13.0. The standard InChI is InChI=1S/C18H16FNO3S/c1-24-16-9-2-13(3-10-16)4-11-18(22)23-12-17(21)20-15-7-5-14(19)6-8-15/h2-11H,12H2,1H3,(H,20,21)/b11-4+. The lowest BCUT2D eigenvalue weighted by atomic mass is 10.2. The van der Waals surface area contributed by atoms with Gasteiger partial charge in [-0.3, -0.25) is 4.79 Å². The van der Waals surface area contributed by atoms with Gasteiger partial charge in [-0.05, 0) is 54.3 Å². The van der Waals surface area contributed by atoms with Crippen LogP contribution in [0.4, 0.5) is 10.1 Å². The minimum atomic E-state index is -0.613. The molecule has 1 N–H and O–H groups in total. The summed E-state index contributed by atoms with van der Waals surface area (Å²) >= 11 is 1.63. The van der Waals surface area contributed by atoms with Crippen LogP contribution in [0.1, 0.15) is 5.56 Å². The maximum Gasteiger partial charge on any atom is 0.331 e. The van der Waals surface area contributed by atoms with Gasteiger partial charge in [0.25, 0.3) is 5.91 Å². The van der Waals surface area contributed by atoms with Gasteiger partial charge in [-0.1, -0.05) is 12.1 Å². The van der Waals surface area contributed by atoms with Gasteiger partial charge >= 0.3 is 5.97 Å². The molecule has 0 radical (unpaired) electrons. The van der Waals surface area contributed by atoms with E-state index in [-0.39, 0.29) is 0 Å². The zero-order valence-corrected chi connectivity index (χ0v) is 13.8. The molecule has 2 aromatic carbocycles. The Morgan fingerprint density at radius 2 is 1.79 bits per heavy atom. The highest BCUT2D eigenvalue weighted by Crippen LogP contribution is 2.15. The fourth-order valence-corrected chi connectivity index (χ4v) is 2.20. The average molecular weight is 345 g/mol. The fraction of sp³-hybridized carbons (Fsp3) is 0.111. The quantitative estimate of drug-likeness (QED) is 0.492. The lowest BCUT2D eigenvalue weighted by Gasteiger charge is -2.05. The van der Waals surface area contributed by atoms with Crippen LogP contribution in [0.25, 0.3) is 6.08 Å². The van der Waals surface area contributed by atoms with E-state index in [9.17, 15) is 14.0 Å². The van der Waals surface area contributed by atoms with E-state index < -0.39 is 24.3 Å². The Kier molecular flexibility index (Phi) is 6.57. The highest BCUT2D eigenvalue weighted by molar-refractivity contribution is 7.98. The topological polar surface area (TPSA) is 55.4 Å². The smallest absolute Gasteiger partial charge is 0.331 e. The molecule has 6 heteroatoms. The molecule has 0 aliphatic rings. The summed E-state index contributed by atoms with van der Waals surface area (Å²) in [5, 5.41) is 2.50. The monoisotopic (exact) mass is 345 g/mol. The molecule has 0 saturated heterocycles. The van der Waals surface area contributed by atoms with Gasteiger partial charge in [-0.25, -0.2) is 9.18 Å². The van der Waals surface area contributed by atoms with Gasteiger partial charge in [0.05, 0.1) is 0 Å². The summed E-state index contributed by atoms with van der Waals surface area (Å²) in [6, 6.07) is 13.0. The van der Waals surface area contributed by atoms with Crippen molar-refractivity contribution in [3.05, 3.63) is 66.0 Å². The maximum atomic E-state index is 12.8. The molecule has 0 saturated carbocycles. The highest BCUT2D eigenvalue weighted by Gasteiger charge is 2.05. The first kappa shape index (κ1) is 17.7. The van der Waals surface area contributed by atoms with Crippen LogP contribution in [-0.2, 0) is 14.3 Å². The first-order valence-electron chi connectivity index (χ1n) is 7.11. The van der Waals surface area contributed by atoms with Gasteiger partial charge in [0.1, 0.15) is 5.82 Å². The molecule has 124 valence electrons. The van der Waals surface area contributed by atoms with E-state index in [1.165, 1.54) is 30.3 Å². The Balaban J connectivity index is 1.78. The summed E-state index contributed by atoms with van der Waals surface area (Å²) in [6.45, 7) is -0.411. The maximum absolute atomic E-state index is 12.8.